The molecule has 0 bridgehead atoms. The van der Waals surface area contributed by atoms with Crippen LogP contribution in [0.4, 0.5) is 4.39 Å². The molecule has 0 fully saturated rings. The summed E-state index contributed by atoms with van der Waals surface area (Å²) in [5.74, 6) is -1.32. The summed E-state index contributed by atoms with van der Waals surface area (Å²) in [5, 5.41) is 0.699. The summed E-state index contributed by atoms with van der Waals surface area (Å²) in [4.78, 5) is 23.7. The minimum absolute atomic E-state index is 0.0490. The molecule has 0 aliphatic carbocycles. The van der Waals surface area contributed by atoms with Crippen molar-refractivity contribution in [3.63, 3.8) is 0 Å². The average Bonchev–Trinajstić information content (AvgIpc) is 2.62. The highest BCUT2D eigenvalue weighted by molar-refractivity contribution is 9.10. The highest BCUT2D eigenvalue weighted by atomic mass is 79.9. The van der Waals surface area contributed by atoms with Crippen molar-refractivity contribution in [1.82, 2.24) is 0 Å². The molecule has 0 amide bonds. The maximum absolute atomic E-state index is 13.7. The van der Waals surface area contributed by atoms with Crippen LogP contribution in [-0.2, 0) is 16.1 Å². The second kappa shape index (κ2) is 7.92. The number of esters is 1. The van der Waals surface area contributed by atoms with E-state index in [1.54, 1.807) is 6.07 Å². The summed E-state index contributed by atoms with van der Waals surface area (Å²) < 4.78 is 29.8. The lowest BCUT2D eigenvalue weighted by Crippen LogP contribution is -2.16. The standard InChI is InChI=1S/C20H16BrFO5/c1-11-3-5-15-13(7-18(23)27-20(15)12(11)2)9-26-19(24)10-25-17-6-4-14(21)8-16(17)22/h3-8H,9-10H2,1-2H3. The van der Waals surface area contributed by atoms with Crippen molar-refractivity contribution >= 4 is 32.9 Å². The molecule has 0 aliphatic rings. The molecule has 1 heterocycles. The number of halogens is 2. The largest absolute Gasteiger partial charge is 0.479 e. The lowest BCUT2D eigenvalue weighted by molar-refractivity contribution is -0.147. The third-order valence-electron chi connectivity index (χ3n) is 4.15. The van der Waals surface area contributed by atoms with E-state index in [0.717, 1.165) is 11.1 Å². The quantitative estimate of drug-likeness (QED) is 0.438. The molecule has 0 saturated heterocycles. The Bertz CT molecular complexity index is 1070. The summed E-state index contributed by atoms with van der Waals surface area (Å²) in [5.41, 5.74) is 2.33. The van der Waals surface area contributed by atoms with E-state index in [1.165, 1.54) is 18.2 Å². The molecular formula is C20H16BrFO5. The van der Waals surface area contributed by atoms with E-state index in [0.29, 0.717) is 21.0 Å². The van der Waals surface area contributed by atoms with Crippen LogP contribution in [0.15, 0.2) is 50.1 Å². The second-order valence-electron chi connectivity index (χ2n) is 6.00. The fourth-order valence-electron chi connectivity index (χ4n) is 2.57. The zero-order valence-electron chi connectivity index (χ0n) is 14.7. The van der Waals surface area contributed by atoms with Crippen LogP contribution in [0.2, 0.25) is 0 Å². The van der Waals surface area contributed by atoms with Crippen molar-refractivity contribution in [2.75, 3.05) is 6.61 Å². The van der Waals surface area contributed by atoms with Gasteiger partial charge in [-0.15, -0.1) is 0 Å². The van der Waals surface area contributed by atoms with Gasteiger partial charge in [0.05, 0.1) is 0 Å². The predicted octanol–water partition coefficient (Wildman–Crippen LogP) is 4.43. The number of hydrogen-bond acceptors (Lipinski definition) is 5. The van der Waals surface area contributed by atoms with Crippen LogP contribution in [0.25, 0.3) is 11.0 Å². The molecule has 27 heavy (non-hydrogen) atoms. The molecule has 0 atom stereocenters. The lowest BCUT2D eigenvalue weighted by Gasteiger charge is -2.10. The number of carbonyl (C=O) groups excluding carboxylic acids is 1. The zero-order valence-corrected chi connectivity index (χ0v) is 16.3. The van der Waals surface area contributed by atoms with E-state index >= 15 is 0 Å². The maximum Gasteiger partial charge on any atom is 0.344 e. The first-order valence-corrected chi connectivity index (χ1v) is 8.91. The molecule has 3 aromatic rings. The normalized spacial score (nSPS) is 10.8. The number of aryl methyl sites for hydroxylation is 2. The Morgan fingerprint density at radius 3 is 2.70 bits per heavy atom. The predicted molar refractivity (Wildman–Crippen MR) is 101 cm³/mol. The molecule has 140 valence electrons. The molecule has 3 rings (SSSR count). The third kappa shape index (κ3) is 4.36. The first-order valence-electron chi connectivity index (χ1n) is 8.11. The van der Waals surface area contributed by atoms with Crippen molar-refractivity contribution in [3.8, 4) is 5.75 Å². The highest BCUT2D eigenvalue weighted by Crippen LogP contribution is 2.24. The summed E-state index contributed by atoms with van der Waals surface area (Å²) in [7, 11) is 0. The van der Waals surface area contributed by atoms with Crippen molar-refractivity contribution in [2.45, 2.75) is 20.5 Å². The van der Waals surface area contributed by atoms with E-state index < -0.39 is 24.0 Å². The van der Waals surface area contributed by atoms with E-state index in [9.17, 15) is 14.0 Å². The number of rotatable bonds is 5. The fourth-order valence-corrected chi connectivity index (χ4v) is 2.91. The molecule has 0 aliphatic heterocycles. The maximum atomic E-state index is 13.7. The van der Waals surface area contributed by atoms with Gasteiger partial charge in [-0.05, 0) is 43.2 Å². The first-order chi connectivity index (χ1) is 12.8. The van der Waals surface area contributed by atoms with Crippen LogP contribution in [0.3, 0.4) is 0 Å². The van der Waals surface area contributed by atoms with Crippen molar-refractivity contribution in [2.24, 2.45) is 0 Å². The Hall–Kier alpha value is -2.67. The van der Waals surface area contributed by atoms with Crippen LogP contribution in [0, 0.1) is 19.7 Å². The SMILES string of the molecule is Cc1ccc2c(COC(=O)COc3ccc(Br)cc3F)cc(=O)oc2c1C. The molecule has 0 saturated carbocycles. The Morgan fingerprint density at radius 1 is 1.19 bits per heavy atom. The van der Waals surface area contributed by atoms with E-state index in [-0.39, 0.29) is 12.4 Å². The number of benzene rings is 2. The van der Waals surface area contributed by atoms with Gasteiger partial charge in [0.1, 0.15) is 12.2 Å². The number of ether oxygens (including phenoxy) is 2. The average molecular weight is 435 g/mol. The summed E-state index contributed by atoms with van der Waals surface area (Å²) in [6, 6.07) is 9.26. The minimum atomic E-state index is -0.678. The van der Waals surface area contributed by atoms with Gasteiger partial charge >= 0.3 is 11.6 Å². The molecule has 5 nitrogen and oxygen atoms in total. The van der Waals surface area contributed by atoms with Gasteiger partial charge < -0.3 is 13.9 Å². The van der Waals surface area contributed by atoms with Gasteiger partial charge in [0.25, 0.3) is 0 Å². The van der Waals surface area contributed by atoms with Gasteiger partial charge in [0, 0.05) is 21.5 Å². The minimum Gasteiger partial charge on any atom is -0.479 e. The zero-order chi connectivity index (χ0) is 19.6. The van der Waals surface area contributed by atoms with Gasteiger partial charge in [-0.2, -0.15) is 0 Å². The van der Waals surface area contributed by atoms with Gasteiger partial charge in [0.15, 0.2) is 18.2 Å². The van der Waals surface area contributed by atoms with Crippen molar-refractivity contribution in [3.05, 3.63) is 73.8 Å². The Balaban J connectivity index is 1.70. The topological polar surface area (TPSA) is 65.7 Å². The summed E-state index contributed by atoms with van der Waals surface area (Å²) in [6.45, 7) is 3.21. The second-order valence-corrected chi connectivity index (χ2v) is 6.91. The van der Waals surface area contributed by atoms with Gasteiger partial charge in [-0.3, -0.25) is 0 Å². The van der Waals surface area contributed by atoms with Gasteiger partial charge in [0.2, 0.25) is 0 Å². The molecular weight excluding hydrogens is 419 g/mol. The van der Waals surface area contributed by atoms with Crippen molar-refractivity contribution < 1.29 is 23.1 Å². The molecule has 0 unspecified atom stereocenters. The van der Waals surface area contributed by atoms with E-state index in [2.05, 4.69) is 15.9 Å². The first kappa shape index (κ1) is 19.1. The van der Waals surface area contributed by atoms with Crippen LogP contribution >= 0.6 is 15.9 Å². The highest BCUT2D eigenvalue weighted by Gasteiger charge is 2.13. The molecule has 7 heteroatoms. The summed E-state index contributed by atoms with van der Waals surface area (Å²) in [6.07, 6.45) is 0. The number of fused-ring (bicyclic) bond motifs is 1. The molecule has 0 radical (unpaired) electrons. The van der Waals surface area contributed by atoms with Gasteiger partial charge in [-0.1, -0.05) is 28.1 Å². The number of carbonyl (C=O) groups is 1. The lowest BCUT2D eigenvalue weighted by atomic mass is 10.0. The van der Waals surface area contributed by atoms with Gasteiger partial charge in [-0.25, -0.2) is 14.0 Å². The fraction of sp³-hybridized carbons (Fsp3) is 0.200. The summed E-state index contributed by atoms with van der Waals surface area (Å²) >= 11 is 3.14. The smallest absolute Gasteiger partial charge is 0.344 e. The molecule has 0 N–H and O–H groups in total. The van der Waals surface area contributed by atoms with Crippen molar-refractivity contribution in [1.29, 1.82) is 0 Å². The Morgan fingerprint density at radius 2 is 1.96 bits per heavy atom. The molecule has 0 spiro atoms. The van der Waals surface area contributed by atoms with Crippen LogP contribution in [0.5, 0.6) is 5.75 Å². The monoisotopic (exact) mass is 434 g/mol. The van der Waals surface area contributed by atoms with Crippen LogP contribution in [0.1, 0.15) is 16.7 Å². The van der Waals surface area contributed by atoms with Crippen LogP contribution in [-0.4, -0.2) is 12.6 Å². The molecule has 2 aromatic carbocycles. The Kier molecular flexibility index (Phi) is 5.60. The van der Waals surface area contributed by atoms with E-state index in [1.807, 2.05) is 26.0 Å². The Labute approximate surface area is 162 Å². The molecule has 1 aromatic heterocycles. The third-order valence-corrected chi connectivity index (χ3v) is 4.64. The van der Waals surface area contributed by atoms with E-state index in [4.69, 9.17) is 13.9 Å². The number of hydrogen-bond donors (Lipinski definition) is 0. The van der Waals surface area contributed by atoms with Crippen LogP contribution < -0.4 is 10.4 Å².